The van der Waals surface area contributed by atoms with Crippen molar-refractivity contribution in [3.8, 4) is 0 Å². The summed E-state index contributed by atoms with van der Waals surface area (Å²) < 4.78 is 0. The minimum Gasteiger partial charge on any atom is -0.0651 e. The van der Waals surface area contributed by atoms with Gasteiger partial charge in [-0.2, -0.15) is 0 Å². The monoisotopic (exact) mass is 461 g/mol. The molecule has 0 nitrogen and oxygen atoms in total. The van der Waals surface area contributed by atoms with Crippen LogP contribution in [0.4, 0.5) is 0 Å². The molecule has 0 saturated heterocycles. The van der Waals surface area contributed by atoms with Crippen LogP contribution < -0.4 is 5.22 Å². The molecule has 0 aromatic heterocycles. The molecular weight excluding hydrogens is 436 g/mol. The fourth-order valence-corrected chi connectivity index (χ4v) is 7.88. The summed E-state index contributed by atoms with van der Waals surface area (Å²) in [5.74, 6) is 0. The number of benzene rings is 5. The predicted octanol–water partition coefficient (Wildman–Crippen LogP) is 7.17. The van der Waals surface area contributed by atoms with Crippen molar-refractivity contribution in [2.45, 2.75) is 19.3 Å². The number of aryl methyl sites for hydroxylation is 2. The molecule has 1 heteroatoms. The van der Waals surface area contributed by atoms with Gasteiger partial charge in [0.15, 0.2) is 0 Å². The minimum absolute atomic E-state index is 0.375. The maximum absolute atomic E-state index is 2.49. The summed E-state index contributed by atoms with van der Waals surface area (Å²) in [6.07, 6.45) is 7.16. The van der Waals surface area contributed by atoms with E-state index in [4.69, 9.17) is 0 Å². The summed E-state index contributed by atoms with van der Waals surface area (Å²) in [7, 11) is 0.686. The quantitative estimate of drug-likeness (QED) is 0.245. The topological polar surface area (TPSA) is 0 Å². The molecule has 2 aliphatic rings. The van der Waals surface area contributed by atoms with Gasteiger partial charge in [-0.15, -0.1) is 0 Å². The lowest BCUT2D eigenvalue weighted by Gasteiger charge is -2.40. The molecule has 1 aliphatic heterocycles. The highest BCUT2D eigenvalue weighted by Crippen LogP contribution is 2.52. The zero-order chi connectivity index (χ0) is 23.6. The Balaban J connectivity index is 1.78. The molecule has 35 heavy (non-hydrogen) atoms. The van der Waals surface area contributed by atoms with Crippen LogP contribution in [0.5, 0.6) is 0 Å². The van der Waals surface area contributed by atoms with Gasteiger partial charge in [-0.3, -0.25) is 0 Å². The van der Waals surface area contributed by atoms with Crippen molar-refractivity contribution in [2.24, 2.45) is 0 Å². The van der Waals surface area contributed by atoms with Gasteiger partial charge in [-0.25, -0.2) is 0 Å². The lowest BCUT2D eigenvalue weighted by atomic mass is 9.62. The largest absolute Gasteiger partial charge is 0.0699 e. The second kappa shape index (κ2) is 7.60. The first-order valence-corrected chi connectivity index (χ1v) is 13.3. The minimum atomic E-state index is -0.375. The van der Waals surface area contributed by atoms with Gasteiger partial charge in [0.1, 0.15) is 0 Å². The molecule has 165 valence electrons. The van der Waals surface area contributed by atoms with E-state index in [9.17, 15) is 0 Å². The standard InChI is InChI=1S/C34H25Si/c1-22-17-19-24-10-3-5-12-26(24)31(22)34(32-23(2)18-20-25-11-4-6-13-27(25)32)21-9-16-30-33(34)28-14-7-8-15-29(28)35-30/h3-21H,1-2H3. The number of hydrogen-bond donors (Lipinski definition) is 0. The summed E-state index contributed by atoms with van der Waals surface area (Å²) in [5, 5.41) is 8.14. The molecule has 0 spiro atoms. The van der Waals surface area contributed by atoms with Crippen LogP contribution in [0.25, 0.3) is 27.1 Å². The van der Waals surface area contributed by atoms with E-state index in [1.807, 2.05) is 0 Å². The summed E-state index contributed by atoms with van der Waals surface area (Å²) in [6, 6.07) is 36.0. The fraction of sp³-hybridized carbons (Fsp3) is 0.0882. The van der Waals surface area contributed by atoms with Crippen molar-refractivity contribution in [3.05, 3.63) is 153 Å². The van der Waals surface area contributed by atoms with E-state index in [2.05, 4.69) is 129 Å². The van der Waals surface area contributed by atoms with Crippen molar-refractivity contribution < 1.29 is 0 Å². The third-order valence-corrected chi connectivity index (χ3v) is 9.19. The molecule has 0 bridgehead atoms. The Morgan fingerprint density at radius 1 is 0.600 bits per heavy atom. The highest BCUT2D eigenvalue weighted by Gasteiger charge is 2.43. The number of fused-ring (bicyclic) bond motifs is 4. The normalized spacial score (nSPS) is 15.6. The predicted molar refractivity (Wildman–Crippen MR) is 149 cm³/mol. The van der Waals surface area contributed by atoms with Gasteiger partial charge >= 0.3 is 0 Å². The average Bonchev–Trinajstić information content (AvgIpc) is 3.28. The molecule has 1 heterocycles. The summed E-state index contributed by atoms with van der Waals surface area (Å²) >= 11 is 0. The highest BCUT2D eigenvalue weighted by atomic mass is 28.2. The maximum atomic E-state index is 2.49. The van der Waals surface area contributed by atoms with Crippen molar-refractivity contribution in [1.29, 1.82) is 0 Å². The lowest BCUT2D eigenvalue weighted by molar-refractivity contribution is 0.832. The summed E-state index contributed by atoms with van der Waals surface area (Å²) in [5.41, 5.74) is 6.58. The lowest BCUT2D eigenvalue weighted by Crippen LogP contribution is -2.34. The van der Waals surface area contributed by atoms with E-state index < -0.39 is 0 Å². The molecule has 0 fully saturated rings. The first kappa shape index (κ1) is 20.6. The van der Waals surface area contributed by atoms with Gasteiger partial charge in [0.05, 0.1) is 14.5 Å². The first-order valence-electron chi connectivity index (χ1n) is 12.3. The van der Waals surface area contributed by atoms with Gasteiger partial charge in [-0.05, 0) is 78.4 Å². The molecule has 0 saturated carbocycles. The van der Waals surface area contributed by atoms with Crippen molar-refractivity contribution in [2.75, 3.05) is 0 Å². The zero-order valence-electron chi connectivity index (χ0n) is 20.0. The van der Waals surface area contributed by atoms with Gasteiger partial charge in [0.25, 0.3) is 0 Å². The Labute approximate surface area is 208 Å². The smallest absolute Gasteiger partial charge is 0.0651 e. The van der Waals surface area contributed by atoms with Gasteiger partial charge < -0.3 is 0 Å². The van der Waals surface area contributed by atoms with Crippen molar-refractivity contribution in [1.82, 2.24) is 0 Å². The molecule has 5 aromatic rings. The molecule has 7 rings (SSSR count). The Bertz CT molecular complexity index is 1780. The number of allylic oxidation sites excluding steroid dienone is 4. The van der Waals surface area contributed by atoms with Crippen LogP contribution in [0.2, 0.25) is 0 Å². The van der Waals surface area contributed by atoms with Crippen LogP contribution in [0.3, 0.4) is 0 Å². The molecule has 0 unspecified atom stereocenters. The maximum Gasteiger partial charge on any atom is 0.0699 e. The van der Waals surface area contributed by atoms with E-state index in [0.717, 1.165) is 0 Å². The fourth-order valence-electron chi connectivity index (χ4n) is 6.43. The molecule has 0 atom stereocenters. The van der Waals surface area contributed by atoms with Gasteiger partial charge in [0, 0.05) is 0 Å². The van der Waals surface area contributed by atoms with Crippen LogP contribution in [-0.2, 0) is 5.41 Å². The van der Waals surface area contributed by atoms with E-state index in [1.165, 1.54) is 64.6 Å². The molecule has 5 aromatic carbocycles. The Hall–Kier alpha value is -3.81. The highest BCUT2D eigenvalue weighted by molar-refractivity contribution is 6.45. The van der Waals surface area contributed by atoms with Gasteiger partial charge in [0.2, 0.25) is 0 Å². The molecule has 1 aliphatic carbocycles. The van der Waals surface area contributed by atoms with Crippen molar-refractivity contribution >= 4 is 36.2 Å². The number of rotatable bonds is 2. The van der Waals surface area contributed by atoms with Gasteiger partial charge in [-0.1, -0.05) is 115 Å². The Morgan fingerprint density at radius 3 is 1.83 bits per heavy atom. The van der Waals surface area contributed by atoms with Crippen LogP contribution in [0.15, 0.2) is 120 Å². The Morgan fingerprint density at radius 2 is 1.17 bits per heavy atom. The third-order valence-electron chi connectivity index (χ3n) is 7.80. The summed E-state index contributed by atoms with van der Waals surface area (Å²) in [4.78, 5) is 1.46. The summed E-state index contributed by atoms with van der Waals surface area (Å²) in [6.45, 7) is 4.58. The zero-order valence-corrected chi connectivity index (χ0v) is 21.0. The second-order valence-electron chi connectivity index (χ2n) is 9.75. The SMILES string of the molecule is Cc1ccc2ccccc2c1C1(c2c(C)ccc3ccccc23)C=CC=C2[Si]=c3ccccc3=C21. The van der Waals surface area contributed by atoms with Crippen LogP contribution in [0.1, 0.15) is 22.3 Å². The molecular formula is C34H25Si. The van der Waals surface area contributed by atoms with E-state index in [-0.39, 0.29) is 5.41 Å². The third kappa shape index (κ3) is 2.82. The van der Waals surface area contributed by atoms with E-state index in [1.54, 1.807) is 0 Å². The van der Waals surface area contributed by atoms with Crippen LogP contribution in [-0.4, -0.2) is 9.13 Å². The molecule has 0 amide bonds. The van der Waals surface area contributed by atoms with Crippen LogP contribution in [0, 0.1) is 18.7 Å². The molecule has 0 N–H and O–H groups in total. The van der Waals surface area contributed by atoms with E-state index >= 15 is 0 Å². The molecule has 1 radical (unpaired) electrons. The first-order chi connectivity index (χ1) is 17.2. The van der Waals surface area contributed by atoms with Crippen LogP contribution >= 0.6 is 0 Å². The van der Waals surface area contributed by atoms with E-state index in [0.29, 0.717) is 9.13 Å². The number of hydrogen-bond acceptors (Lipinski definition) is 0. The second-order valence-corrected chi connectivity index (χ2v) is 11.1. The Kier molecular flexibility index (Phi) is 4.46. The van der Waals surface area contributed by atoms with Crippen molar-refractivity contribution in [3.63, 3.8) is 0 Å². The average molecular weight is 462 g/mol.